The number of hydrogen-bond acceptors (Lipinski definition) is 5. The van der Waals surface area contributed by atoms with Crippen LogP contribution in [0, 0.1) is 0 Å². The highest BCUT2D eigenvalue weighted by Gasteiger charge is 2.11. The Bertz CT molecular complexity index is 379. The lowest BCUT2D eigenvalue weighted by Gasteiger charge is -2.16. The third-order valence-electron chi connectivity index (χ3n) is 2.01. The van der Waals surface area contributed by atoms with E-state index in [-0.39, 0.29) is 11.7 Å². The summed E-state index contributed by atoms with van der Waals surface area (Å²) in [4.78, 5) is 13.2. The summed E-state index contributed by atoms with van der Waals surface area (Å²) in [5.41, 5.74) is 5.76. The number of amidine groups is 1. The van der Waals surface area contributed by atoms with E-state index in [1.54, 1.807) is 13.1 Å². The molecule has 0 radical (unpaired) electrons. The molecule has 0 aromatic carbocycles. The highest BCUT2D eigenvalue weighted by molar-refractivity contribution is 5.93. The third kappa shape index (κ3) is 3.19. The molecule has 1 rings (SSSR count). The molecule has 0 saturated carbocycles. The van der Waals surface area contributed by atoms with Crippen LogP contribution in [0.3, 0.4) is 0 Å². The van der Waals surface area contributed by atoms with Gasteiger partial charge >= 0.3 is 0 Å². The Balaban J connectivity index is 2.55. The van der Waals surface area contributed by atoms with Crippen LogP contribution < -0.4 is 5.73 Å². The molecule has 0 bridgehead atoms. The average Bonchev–Trinajstić information content (AvgIpc) is 2.35. The Morgan fingerprint density at radius 2 is 2.38 bits per heavy atom. The molecule has 1 aromatic rings. The van der Waals surface area contributed by atoms with Crippen LogP contribution in [0.1, 0.15) is 16.8 Å². The molecule has 16 heavy (non-hydrogen) atoms. The van der Waals surface area contributed by atoms with Gasteiger partial charge < -0.3 is 15.8 Å². The molecular formula is C9H13N5O2. The molecule has 86 valence electrons. The molecule has 1 aromatic heterocycles. The van der Waals surface area contributed by atoms with E-state index in [0.717, 1.165) is 0 Å². The fraction of sp³-hybridized carbons (Fsp3) is 0.333. The molecule has 0 aliphatic carbocycles. The molecular weight excluding hydrogens is 210 g/mol. The minimum atomic E-state index is -0.180. The van der Waals surface area contributed by atoms with E-state index < -0.39 is 0 Å². The van der Waals surface area contributed by atoms with E-state index in [1.807, 2.05) is 0 Å². The highest BCUT2D eigenvalue weighted by atomic mass is 16.4. The van der Waals surface area contributed by atoms with Crippen LogP contribution in [0.4, 0.5) is 0 Å². The molecule has 0 spiro atoms. The first-order valence-corrected chi connectivity index (χ1v) is 4.63. The van der Waals surface area contributed by atoms with Crippen molar-refractivity contribution in [2.24, 2.45) is 10.9 Å². The standard InChI is InChI=1S/C9H13N5O2/c1-14(5-3-8(10)13-16)9(15)7-2-4-11-12-6-7/h2,4,6,16H,3,5H2,1H3,(H2,10,13). The number of oxime groups is 1. The van der Waals surface area contributed by atoms with E-state index in [4.69, 9.17) is 10.9 Å². The number of amides is 1. The van der Waals surface area contributed by atoms with E-state index in [0.29, 0.717) is 18.5 Å². The molecule has 7 heteroatoms. The van der Waals surface area contributed by atoms with E-state index in [1.165, 1.54) is 17.3 Å². The van der Waals surface area contributed by atoms with Crippen LogP contribution in [0.25, 0.3) is 0 Å². The summed E-state index contributed by atoms with van der Waals surface area (Å²) < 4.78 is 0. The van der Waals surface area contributed by atoms with Gasteiger partial charge in [0.2, 0.25) is 0 Å². The topological polar surface area (TPSA) is 105 Å². The summed E-state index contributed by atoms with van der Waals surface area (Å²) in [5.74, 6) is -0.0897. The van der Waals surface area contributed by atoms with Gasteiger partial charge in [0.1, 0.15) is 5.84 Å². The van der Waals surface area contributed by atoms with Gasteiger partial charge in [0, 0.05) is 20.0 Å². The van der Waals surface area contributed by atoms with Crippen LogP contribution in [-0.2, 0) is 0 Å². The van der Waals surface area contributed by atoms with Crippen molar-refractivity contribution in [3.8, 4) is 0 Å². The molecule has 0 aliphatic rings. The van der Waals surface area contributed by atoms with Gasteiger partial charge in [0.25, 0.3) is 5.91 Å². The number of hydrogen-bond donors (Lipinski definition) is 2. The quantitative estimate of drug-likeness (QED) is 0.315. The number of aromatic nitrogens is 2. The van der Waals surface area contributed by atoms with E-state index >= 15 is 0 Å². The Morgan fingerprint density at radius 1 is 1.62 bits per heavy atom. The number of carbonyl (C=O) groups excluding carboxylic acids is 1. The van der Waals surface area contributed by atoms with Gasteiger partial charge in [-0.3, -0.25) is 4.79 Å². The molecule has 0 atom stereocenters. The largest absolute Gasteiger partial charge is 0.409 e. The second-order valence-electron chi connectivity index (χ2n) is 3.20. The van der Waals surface area contributed by atoms with Gasteiger partial charge in [-0.05, 0) is 6.07 Å². The zero-order valence-corrected chi connectivity index (χ0v) is 8.87. The predicted octanol–water partition coefficient (Wildman–Crippen LogP) is -0.315. The van der Waals surface area contributed by atoms with E-state index in [2.05, 4.69) is 15.4 Å². The molecule has 7 nitrogen and oxygen atoms in total. The molecule has 0 unspecified atom stereocenters. The van der Waals surface area contributed by atoms with Crippen molar-refractivity contribution < 1.29 is 10.0 Å². The van der Waals surface area contributed by atoms with Crippen LogP contribution in [0.2, 0.25) is 0 Å². The third-order valence-corrected chi connectivity index (χ3v) is 2.01. The van der Waals surface area contributed by atoms with Crippen LogP contribution >= 0.6 is 0 Å². The highest BCUT2D eigenvalue weighted by Crippen LogP contribution is 2.00. The summed E-state index contributed by atoms with van der Waals surface area (Å²) in [6.45, 7) is 0.372. The molecule has 0 fully saturated rings. The molecule has 1 amide bonds. The Hall–Kier alpha value is -2.18. The van der Waals surface area contributed by atoms with Crippen molar-refractivity contribution in [2.75, 3.05) is 13.6 Å². The molecule has 0 saturated heterocycles. The minimum absolute atomic E-state index is 0.0903. The van der Waals surface area contributed by atoms with Gasteiger partial charge in [-0.1, -0.05) is 5.16 Å². The van der Waals surface area contributed by atoms with E-state index in [9.17, 15) is 4.79 Å². The lowest BCUT2D eigenvalue weighted by molar-refractivity contribution is 0.0798. The summed E-state index contributed by atoms with van der Waals surface area (Å²) in [6, 6.07) is 1.58. The van der Waals surface area contributed by atoms with Gasteiger partial charge in [0.15, 0.2) is 0 Å². The van der Waals surface area contributed by atoms with Gasteiger partial charge in [-0.25, -0.2) is 0 Å². The number of nitrogens with two attached hydrogens (primary N) is 1. The van der Waals surface area contributed by atoms with Crippen LogP contribution in [0.15, 0.2) is 23.6 Å². The fourth-order valence-electron chi connectivity index (χ4n) is 1.07. The SMILES string of the molecule is CN(CC/C(N)=N/O)C(=O)c1ccnnc1. The molecule has 0 aliphatic heterocycles. The summed E-state index contributed by atoms with van der Waals surface area (Å²) in [7, 11) is 1.63. The number of rotatable bonds is 4. The maximum atomic E-state index is 11.8. The van der Waals surface area contributed by atoms with Crippen LogP contribution in [0.5, 0.6) is 0 Å². The van der Waals surface area contributed by atoms with Gasteiger partial charge in [-0.2, -0.15) is 10.2 Å². The first kappa shape index (κ1) is 11.9. The summed E-state index contributed by atoms with van der Waals surface area (Å²) in [6.07, 6.45) is 3.16. The Labute approximate surface area is 92.6 Å². The van der Waals surface area contributed by atoms with Crippen molar-refractivity contribution in [3.63, 3.8) is 0 Å². The van der Waals surface area contributed by atoms with Gasteiger partial charge in [0.05, 0.1) is 18.0 Å². The predicted molar refractivity (Wildman–Crippen MR) is 57.0 cm³/mol. The zero-order valence-electron chi connectivity index (χ0n) is 8.87. The lowest BCUT2D eigenvalue weighted by atomic mass is 10.2. The Morgan fingerprint density at radius 3 is 2.94 bits per heavy atom. The maximum Gasteiger partial charge on any atom is 0.255 e. The van der Waals surface area contributed by atoms with Crippen LogP contribution in [-0.4, -0.2) is 45.6 Å². The monoisotopic (exact) mass is 223 g/mol. The van der Waals surface area contributed by atoms with Crippen molar-refractivity contribution in [3.05, 3.63) is 24.0 Å². The smallest absolute Gasteiger partial charge is 0.255 e. The maximum absolute atomic E-state index is 11.8. The number of carbonyl (C=O) groups is 1. The Kier molecular flexibility index (Phi) is 4.19. The second-order valence-corrected chi connectivity index (χ2v) is 3.20. The first-order chi connectivity index (χ1) is 7.65. The van der Waals surface area contributed by atoms with Crippen molar-refractivity contribution >= 4 is 11.7 Å². The summed E-state index contributed by atoms with van der Waals surface area (Å²) in [5, 5.41) is 18.4. The minimum Gasteiger partial charge on any atom is -0.409 e. The van der Waals surface area contributed by atoms with Gasteiger partial charge in [-0.15, -0.1) is 0 Å². The average molecular weight is 223 g/mol. The molecule has 1 heterocycles. The zero-order chi connectivity index (χ0) is 12.0. The number of nitrogens with zero attached hydrogens (tertiary/aromatic N) is 4. The molecule has 3 N–H and O–H groups in total. The van der Waals surface area contributed by atoms with Crippen molar-refractivity contribution in [1.82, 2.24) is 15.1 Å². The summed E-state index contributed by atoms with van der Waals surface area (Å²) >= 11 is 0. The van der Waals surface area contributed by atoms with Crippen molar-refractivity contribution in [2.45, 2.75) is 6.42 Å². The lowest BCUT2D eigenvalue weighted by Crippen LogP contribution is -2.30. The second kappa shape index (κ2) is 5.64. The fourth-order valence-corrected chi connectivity index (χ4v) is 1.07. The first-order valence-electron chi connectivity index (χ1n) is 4.63. The van der Waals surface area contributed by atoms with Crippen molar-refractivity contribution in [1.29, 1.82) is 0 Å². The normalized spacial score (nSPS) is 11.2.